The number of hydrogen-bond donors (Lipinski definition) is 0. The minimum Gasteiger partial charge on any atom is -0.456 e. The van der Waals surface area contributed by atoms with E-state index >= 15 is 0 Å². The molecule has 3 heteroatoms. The summed E-state index contributed by atoms with van der Waals surface area (Å²) in [5.74, 6) is 0. The maximum absolute atomic E-state index is 6.74. The molecular weight excluding hydrogens is 669 g/mol. The highest BCUT2D eigenvalue weighted by atomic mass is 16.3. The summed E-state index contributed by atoms with van der Waals surface area (Å²) in [6.07, 6.45) is 0. The van der Waals surface area contributed by atoms with Crippen molar-refractivity contribution in [2.24, 2.45) is 0 Å². The van der Waals surface area contributed by atoms with E-state index in [1.54, 1.807) is 0 Å². The van der Waals surface area contributed by atoms with Crippen molar-refractivity contribution in [1.82, 2.24) is 4.57 Å². The first-order valence-electron chi connectivity index (χ1n) is 18.8. The second-order valence-corrected chi connectivity index (χ2v) is 14.1. The van der Waals surface area contributed by atoms with E-state index < -0.39 is 0 Å². The molecule has 0 fully saturated rings. The van der Waals surface area contributed by atoms with Crippen LogP contribution < -0.4 is 4.90 Å². The number of fused-ring (bicyclic) bond motifs is 7. The molecule has 9 aromatic carbocycles. The average Bonchev–Trinajstić information content (AvgIpc) is 3.80. The van der Waals surface area contributed by atoms with Crippen LogP contribution in [0, 0.1) is 0 Å². The summed E-state index contributed by atoms with van der Waals surface area (Å²) in [6, 6.07) is 73.9. The number of nitrogens with zero attached hydrogens (tertiary/aromatic N) is 2. The summed E-state index contributed by atoms with van der Waals surface area (Å²) >= 11 is 0. The molecule has 0 N–H and O–H groups in total. The van der Waals surface area contributed by atoms with Crippen LogP contribution in [0.25, 0.3) is 82.5 Å². The topological polar surface area (TPSA) is 21.3 Å². The normalized spacial score (nSPS) is 11.6. The van der Waals surface area contributed by atoms with E-state index in [1.807, 2.05) is 0 Å². The molecule has 0 aliphatic carbocycles. The molecule has 0 amide bonds. The first-order valence-corrected chi connectivity index (χ1v) is 18.8. The Morgan fingerprint density at radius 3 is 1.82 bits per heavy atom. The fourth-order valence-corrected chi connectivity index (χ4v) is 8.51. The van der Waals surface area contributed by atoms with Crippen molar-refractivity contribution < 1.29 is 4.42 Å². The third kappa shape index (κ3) is 5.05. The number of para-hydroxylation sites is 4. The first kappa shape index (κ1) is 31.2. The zero-order valence-electron chi connectivity index (χ0n) is 29.9. The Hall–Kier alpha value is -7.36. The third-order valence-electron chi connectivity index (χ3n) is 10.9. The largest absolute Gasteiger partial charge is 0.456 e. The Balaban J connectivity index is 1.28. The predicted molar refractivity (Wildman–Crippen MR) is 231 cm³/mol. The van der Waals surface area contributed by atoms with Gasteiger partial charge in [0.2, 0.25) is 0 Å². The van der Waals surface area contributed by atoms with Crippen LogP contribution in [0.1, 0.15) is 0 Å². The van der Waals surface area contributed by atoms with E-state index in [4.69, 9.17) is 4.42 Å². The quantitative estimate of drug-likeness (QED) is 0.172. The lowest BCUT2D eigenvalue weighted by Gasteiger charge is -2.27. The fraction of sp³-hybridized carbons (Fsp3) is 0. The van der Waals surface area contributed by atoms with Gasteiger partial charge >= 0.3 is 0 Å². The highest BCUT2D eigenvalue weighted by Gasteiger charge is 2.26. The average molecular weight is 703 g/mol. The summed E-state index contributed by atoms with van der Waals surface area (Å²) in [7, 11) is 0. The Kier molecular flexibility index (Phi) is 7.17. The van der Waals surface area contributed by atoms with Crippen molar-refractivity contribution in [2.75, 3.05) is 4.90 Å². The van der Waals surface area contributed by atoms with Gasteiger partial charge in [0.1, 0.15) is 11.2 Å². The number of hydrogen-bond acceptors (Lipinski definition) is 2. The van der Waals surface area contributed by atoms with Gasteiger partial charge in [-0.25, -0.2) is 0 Å². The van der Waals surface area contributed by atoms with E-state index in [1.165, 1.54) is 38.2 Å². The minimum atomic E-state index is 0.870. The van der Waals surface area contributed by atoms with Gasteiger partial charge < -0.3 is 13.9 Å². The van der Waals surface area contributed by atoms with Crippen LogP contribution in [0.5, 0.6) is 0 Å². The van der Waals surface area contributed by atoms with Crippen LogP contribution in [0.2, 0.25) is 0 Å². The zero-order valence-corrected chi connectivity index (χ0v) is 29.9. The van der Waals surface area contributed by atoms with Gasteiger partial charge in [-0.3, -0.25) is 0 Å². The van der Waals surface area contributed by atoms with Gasteiger partial charge in [-0.05, 0) is 82.1 Å². The number of benzene rings is 9. The van der Waals surface area contributed by atoms with E-state index in [2.05, 4.69) is 216 Å². The Labute approximate surface area is 318 Å². The molecule has 0 radical (unpaired) electrons. The van der Waals surface area contributed by atoms with Crippen molar-refractivity contribution in [1.29, 1.82) is 0 Å². The van der Waals surface area contributed by atoms with Gasteiger partial charge in [-0.2, -0.15) is 0 Å². The Morgan fingerprint density at radius 1 is 0.400 bits per heavy atom. The van der Waals surface area contributed by atoms with Gasteiger partial charge in [0, 0.05) is 50.2 Å². The highest BCUT2D eigenvalue weighted by molar-refractivity contribution is 6.28. The molecule has 0 aliphatic heterocycles. The molecule has 3 nitrogen and oxygen atoms in total. The monoisotopic (exact) mass is 702 g/mol. The molecule has 0 saturated carbocycles. The second-order valence-electron chi connectivity index (χ2n) is 14.1. The van der Waals surface area contributed by atoms with Gasteiger partial charge in [0.15, 0.2) is 0 Å². The summed E-state index contributed by atoms with van der Waals surface area (Å²) < 4.78 is 9.17. The molecule has 0 bridgehead atoms. The van der Waals surface area contributed by atoms with Gasteiger partial charge in [0.25, 0.3) is 0 Å². The predicted octanol–water partition coefficient (Wildman–Crippen LogP) is 14.6. The first-order chi connectivity index (χ1) is 27.3. The van der Waals surface area contributed by atoms with Crippen LogP contribution in [-0.4, -0.2) is 4.57 Å². The molecule has 55 heavy (non-hydrogen) atoms. The Morgan fingerprint density at radius 2 is 1.02 bits per heavy atom. The molecule has 11 aromatic rings. The highest BCUT2D eigenvalue weighted by Crippen LogP contribution is 2.49. The SMILES string of the molecule is c1ccc(-c2ccc(N(c3ccccc3)c3cccc4c5c(-c6ccc7ccccc7c6)c6c(cc5n(-c5ccccc5)c34)oc3ccccc36)cc2)cc1. The third-order valence-corrected chi connectivity index (χ3v) is 10.9. The number of aromatic nitrogens is 1. The van der Waals surface area contributed by atoms with Crippen LogP contribution in [0.3, 0.4) is 0 Å². The van der Waals surface area contributed by atoms with Crippen molar-refractivity contribution in [3.63, 3.8) is 0 Å². The maximum atomic E-state index is 6.74. The molecule has 0 atom stereocenters. The molecule has 258 valence electrons. The maximum Gasteiger partial charge on any atom is 0.138 e. The van der Waals surface area contributed by atoms with Crippen molar-refractivity contribution >= 4 is 71.6 Å². The van der Waals surface area contributed by atoms with Crippen molar-refractivity contribution in [3.05, 3.63) is 206 Å². The van der Waals surface area contributed by atoms with Crippen LogP contribution in [-0.2, 0) is 0 Å². The lowest BCUT2D eigenvalue weighted by molar-refractivity contribution is 0.669. The molecule has 0 aliphatic rings. The lowest BCUT2D eigenvalue weighted by atomic mass is 9.92. The fourth-order valence-electron chi connectivity index (χ4n) is 8.51. The lowest BCUT2D eigenvalue weighted by Crippen LogP contribution is -2.11. The van der Waals surface area contributed by atoms with Crippen LogP contribution in [0.15, 0.2) is 211 Å². The van der Waals surface area contributed by atoms with Gasteiger partial charge in [-0.15, -0.1) is 0 Å². The van der Waals surface area contributed by atoms with Gasteiger partial charge in [-0.1, -0.05) is 146 Å². The van der Waals surface area contributed by atoms with E-state index in [9.17, 15) is 0 Å². The molecular formula is C52H34N2O. The smallest absolute Gasteiger partial charge is 0.138 e. The minimum absolute atomic E-state index is 0.870. The number of anilines is 3. The summed E-state index contributed by atoms with van der Waals surface area (Å²) in [6.45, 7) is 0. The number of rotatable bonds is 6. The summed E-state index contributed by atoms with van der Waals surface area (Å²) in [5.41, 5.74) is 13.0. The standard InChI is InChI=1S/C52H34N2O/c1-4-15-35(16-5-1)37-29-31-42(32-30-37)53(40-19-6-2-7-20-40)45-25-14-24-44-50-46(54(52(44)45)41-21-8-3-9-22-41)34-48-51(43-23-12-13-26-47(43)55-48)49(50)39-28-27-36-17-10-11-18-38(36)33-39/h1-34H. The zero-order chi connectivity index (χ0) is 36.3. The van der Waals surface area contributed by atoms with Crippen LogP contribution in [0.4, 0.5) is 17.1 Å². The summed E-state index contributed by atoms with van der Waals surface area (Å²) in [4.78, 5) is 2.39. The summed E-state index contributed by atoms with van der Waals surface area (Å²) in [5, 5.41) is 7.05. The number of furan rings is 1. The van der Waals surface area contributed by atoms with E-state index in [0.29, 0.717) is 0 Å². The molecule has 0 saturated heterocycles. The van der Waals surface area contributed by atoms with E-state index in [-0.39, 0.29) is 0 Å². The molecule has 2 heterocycles. The Bertz CT molecular complexity index is 3180. The van der Waals surface area contributed by atoms with E-state index in [0.717, 1.165) is 61.3 Å². The van der Waals surface area contributed by atoms with Crippen molar-refractivity contribution in [2.45, 2.75) is 0 Å². The van der Waals surface area contributed by atoms with Crippen LogP contribution >= 0.6 is 0 Å². The van der Waals surface area contributed by atoms with Crippen molar-refractivity contribution in [3.8, 4) is 27.9 Å². The molecule has 0 unspecified atom stereocenters. The molecule has 2 aromatic heterocycles. The second kappa shape index (κ2) is 12.6. The molecule has 11 rings (SSSR count). The molecule has 0 spiro atoms. The van der Waals surface area contributed by atoms with Gasteiger partial charge in [0.05, 0.1) is 16.7 Å².